The van der Waals surface area contributed by atoms with Crippen molar-refractivity contribution in [3.8, 4) is 11.5 Å². The number of esters is 1. The number of hydrogen-bond donors (Lipinski definition) is 3. The van der Waals surface area contributed by atoms with Crippen molar-refractivity contribution in [2.45, 2.75) is 44.6 Å². The zero-order valence-electron chi connectivity index (χ0n) is 25.5. The molecule has 0 aliphatic carbocycles. The molecule has 1 unspecified atom stereocenters. The highest BCUT2D eigenvalue weighted by molar-refractivity contribution is 5.95. The molecule has 0 spiro atoms. The number of rotatable bonds is 10. The summed E-state index contributed by atoms with van der Waals surface area (Å²) >= 11 is 0. The van der Waals surface area contributed by atoms with Gasteiger partial charge in [-0.3, -0.25) is 4.79 Å². The van der Waals surface area contributed by atoms with Crippen LogP contribution in [-0.2, 0) is 28.7 Å². The smallest absolute Gasteiger partial charge is 0.416 e. The summed E-state index contributed by atoms with van der Waals surface area (Å²) in [5.41, 5.74) is 1.40. The molecular weight excluding hydrogens is 605 g/mol. The summed E-state index contributed by atoms with van der Waals surface area (Å²) in [6, 6.07) is 14.4. The molecule has 46 heavy (non-hydrogen) atoms. The summed E-state index contributed by atoms with van der Waals surface area (Å²) in [5.74, 6) is 0.472. The van der Waals surface area contributed by atoms with Gasteiger partial charge in [0.15, 0.2) is 11.5 Å². The third-order valence-electron chi connectivity index (χ3n) is 8.02. The van der Waals surface area contributed by atoms with E-state index in [2.05, 4.69) is 23.0 Å². The van der Waals surface area contributed by atoms with Crippen LogP contribution in [0.5, 0.6) is 11.5 Å². The van der Waals surface area contributed by atoms with Crippen LogP contribution in [0, 0.1) is 0 Å². The van der Waals surface area contributed by atoms with Crippen molar-refractivity contribution in [1.29, 1.82) is 0 Å². The third kappa shape index (κ3) is 8.27. The number of nitrogens with one attached hydrogen (secondary N) is 3. The van der Waals surface area contributed by atoms with Gasteiger partial charge in [-0.25, -0.2) is 9.59 Å². The second kappa shape index (κ2) is 13.7. The number of halogens is 3. The van der Waals surface area contributed by atoms with E-state index in [0.29, 0.717) is 52.3 Å². The number of fused-ring (bicyclic) bond motifs is 1. The lowest BCUT2D eigenvalue weighted by Gasteiger charge is -2.30. The Kier molecular flexibility index (Phi) is 9.71. The van der Waals surface area contributed by atoms with Crippen molar-refractivity contribution in [2.24, 2.45) is 0 Å². The average molecular weight is 642 g/mol. The number of carbonyl (C=O) groups excluding carboxylic acids is 3. The van der Waals surface area contributed by atoms with E-state index in [0.717, 1.165) is 24.2 Å². The van der Waals surface area contributed by atoms with Gasteiger partial charge in [-0.1, -0.05) is 12.1 Å². The van der Waals surface area contributed by atoms with Crippen LogP contribution in [0.4, 0.5) is 23.7 Å². The highest BCUT2D eigenvalue weighted by atomic mass is 19.4. The van der Waals surface area contributed by atoms with Gasteiger partial charge in [-0.2, -0.15) is 13.2 Å². The topological polar surface area (TPSA) is 115 Å². The second-order valence-corrected chi connectivity index (χ2v) is 11.7. The SMILES string of the molecule is CCOC(=O)c1ccc(NC(=O)N[C@@H](Cc2ccc(C(F)(F)F)cc2)C(=O)N[C@H]2CC[N+](C)(Cc3ccc4c(c3)OCO4)C2)cc1. The van der Waals surface area contributed by atoms with Gasteiger partial charge in [0, 0.05) is 24.1 Å². The molecule has 13 heteroatoms. The average Bonchev–Trinajstić information content (AvgIpc) is 3.62. The summed E-state index contributed by atoms with van der Waals surface area (Å²) < 4.78 is 55.9. The summed E-state index contributed by atoms with van der Waals surface area (Å²) in [5, 5.41) is 8.35. The molecule has 10 nitrogen and oxygen atoms in total. The molecule has 244 valence electrons. The number of hydrogen-bond acceptors (Lipinski definition) is 6. The molecule has 1 fully saturated rings. The number of carbonyl (C=O) groups is 3. The summed E-state index contributed by atoms with van der Waals surface area (Å²) in [4.78, 5) is 38.5. The van der Waals surface area contributed by atoms with Gasteiger partial charge in [0.2, 0.25) is 12.7 Å². The Bertz CT molecular complexity index is 1570. The molecule has 3 amide bonds. The first-order valence-electron chi connectivity index (χ1n) is 14.9. The number of benzene rings is 3. The van der Waals surface area contributed by atoms with Gasteiger partial charge in [0.25, 0.3) is 0 Å². The zero-order chi connectivity index (χ0) is 32.9. The minimum absolute atomic E-state index is 0.0325. The number of likely N-dealkylation sites (N-methyl/N-ethyl adjacent to an activating group) is 1. The Morgan fingerprint density at radius 3 is 2.37 bits per heavy atom. The van der Waals surface area contributed by atoms with E-state index in [4.69, 9.17) is 14.2 Å². The third-order valence-corrected chi connectivity index (χ3v) is 8.02. The van der Waals surface area contributed by atoms with Crippen LogP contribution in [0.25, 0.3) is 0 Å². The number of likely N-dealkylation sites (tertiary alicyclic amines) is 1. The number of quaternary nitrogens is 1. The molecule has 3 N–H and O–H groups in total. The molecule has 2 aliphatic heterocycles. The maximum atomic E-state index is 13.6. The highest BCUT2D eigenvalue weighted by Crippen LogP contribution is 2.34. The largest absolute Gasteiger partial charge is 0.462 e. The standard InChI is InChI=1S/C33H35F3N4O6/c1-3-44-31(42)23-7-11-25(12-8-23)38-32(43)39-27(16-21-4-9-24(10-5-21)33(34,35)36)30(41)37-26-14-15-40(2,19-26)18-22-6-13-28-29(17-22)46-20-45-28/h4-13,17,26-27H,3,14-16,18-20H2,1-2H3,(H2-,37,38,39,41,42,43)/p+1/t26-,27-,40?/m0/s1. The van der Waals surface area contributed by atoms with Gasteiger partial charge in [-0.05, 0) is 67.1 Å². The molecule has 5 rings (SSSR count). The van der Waals surface area contributed by atoms with Crippen molar-refractivity contribution in [3.63, 3.8) is 0 Å². The maximum Gasteiger partial charge on any atom is 0.416 e. The van der Waals surface area contributed by atoms with Crippen molar-refractivity contribution in [2.75, 3.05) is 38.9 Å². The Morgan fingerprint density at radius 1 is 0.978 bits per heavy atom. The summed E-state index contributed by atoms with van der Waals surface area (Å²) in [6.45, 7) is 4.28. The van der Waals surface area contributed by atoms with Gasteiger partial charge in [0.05, 0.1) is 43.9 Å². The molecule has 3 atom stereocenters. The van der Waals surface area contributed by atoms with Crippen molar-refractivity contribution >= 4 is 23.6 Å². The van der Waals surface area contributed by atoms with E-state index in [9.17, 15) is 27.6 Å². The first kappa shape index (κ1) is 32.6. The second-order valence-electron chi connectivity index (χ2n) is 11.7. The quantitative estimate of drug-likeness (QED) is 0.215. The van der Waals surface area contributed by atoms with Crippen molar-refractivity contribution in [1.82, 2.24) is 10.6 Å². The lowest BCUT2D eigenvalue weighted by molar-refractivity contribution is -0.911. The molecule has 2 aliphatic rings. The zero-order valence-corrected chi connectivity index (χ0v) is 25.5. The van der Waals surface area contributed by atoms with Gasteiger partial charge < -0.3 is 34.6 Å². The number of urea groups is 1. The normalized spacial score (nSPS) is 19.3. The van der Waals surface area contributed by atoms with Crippen LogP contribution in [0.15, 0.2) is 66.7 Å². The highest BCUT2D eigenvalue weighted by Gasteiger charge is 2.37. The number of amides is 3. The molecule has 3 aromatic rings. The molecule has 0 saturated carbocycles. The first-order chi connectivity index (χ1) is 21.9. The summed E-state index contributed by atoms with van der Waals surface area (Å²) in [6.07, 6.45) is -3.82. The first-order valence-corrected chi connectivity index (χ1v) is 14.9. The number of anilines is 1. The Hall–Kier alpha value is -4.78. The number of ether oxygens (including phenoxy) is 3. The number of alkyl halides is 3. The molecule has 2 heterocycles. The van der Waals surface area contributed by atoms with Gasteiger partial charge >= 0.3 is 18.2 Å². The molecular formula is C33H36F3N4O6+. The van der Waals surface area contributed by atoms with Gasteiger partial charge in [-0.15, -0.1) is 0 Å². The molecule has 0 bridgehead atoms. The molecule has 3 aromatic carbocycles. The van der Waals surface area contributed by atoms with Crippen LogP contribution < -0.4 is 25.4 Å². The monoisotopic (exact) mass is 641 g/mol. The lowest BCUT2D eigenvalue weighted by atomic mass is 10.0. The minimum Gasteiger partial charge on any atom is -0.462 e. The van der Waals surface area contributed by atoms with E-state index in [-0.39, 0.29) is 25.9 Å². The fourth-order valence-electron chi connectivity index (χ4n) is 5.73. The Labute approximate surface area is 264 Å². The van der Waals surface area contributed by atoms with E-state index < -0.39 is 35.7 Å². The minimum atomic E-state index is -4.50. The fraction of sp³-hybridized carbons (Fsp3) is 0.364. The predicted octanol–water partition coefficient (Wildman–Crippen LogP) is 4.88. The van der Waals surface area contributed by atoms with E-state index in [1.807, 2.05) is 18.2 Å². The summed E-state index contributed by atoms with van der Waals surface area (Å²) in [7, 11) is 2.11. The van der Waals surface area contributed by atoms with E-state index >= 15 is 0 Å². The Balaban J connectivity index is 1.24. The van der Waals surface area contributed by atoms with Crippen molar-refractivity contribution in [3.05, 3.63) is 89.0 Å². The van der Waals surface area contributed by atoms with Crippen LogP contribution >= 0.6 is 0 Å². The number of nitrogens with zero attached hydrogens (tertiary/aromatic N) is 1. The Morgan fingerprint density at radius 2 is 1.67 bits per heavy atom. The van der Waals surface area contributed by atoms with E-state index in [1.165, 1.54) is 36.4 Å². The van der Waals surface area contributed by atoms with Crippen molar-refractivity contribution < 1.29 is 46.2 Å². The fourth-order valence-corrected chi connectivity index (χ4v) is 5.73. The molecule has 1 saturated heterocycles. The van der Waals surface area contributed by atoms with Crippen LogP contribution in [0.1, 0.15) is 40.4 Å². The maximum absolute atomic E-state index is 13.6. The van der Waals surface area contributed by atoms with E-state index in [1.54, 1.807) is 6.92 Å². The lowest BCUT2D eigenvalue weighted by Crippen LogP contribution is -2.53. The van der Waals surface area contributed by atoms with Crippen LogP contribution in [0.3, 0.4) is 0 Å². The molecule has 0 aromatic heterocycles. The van der Waals surface area contributed by atoms with Crippen LogP contribution in [-0.4, -0.2) is 68.0 Å². The molecule has 0 radical (unpaired) electrons. The van der Waals surface area contributed by atoms with Gasteiger partial charge in [0.1, 0.15) is 12.6 Å². The van der Waals surface area contributed by atoms with Crippen LogP contribution in [0.2, 0.25) is 0 Å². The predicted molar refractivity (Wildman–Crippen MR) is 162 cm³/mol.